The highest BCUT2D eigenvalue weighted by molar-refractivity contribution is 9.10. The lowest BCUT2D eigenvalue weighted by Gasteiger charge is -2.08. The van der Waals surface area contributed by atoms with Gasteiger partial charge in [-0.1, -0.05) is 51.8 Å². The van der Waals surface area contributed by atoms with E-state index < -0.39 is 0 Å². The lowest BCUT2D eigenvalue weighted by molar-refractivity contribution is 0.112. The van der Waals surface area contributed by atoms with Gasteiger partial charge >= 0.3 is 0 Å². The molecule has 2 nitrogen and oxygen atoms in total. The third-order valence-electron chi connectivity index (χ3n) is 3.30. The van der Waals surface area contributed by atoms with Gasteiger partial charge in [0.1, 0.15) is 0 Å². The van der Waals surface area contributed by atoms with Crippen molar-refractivity contribution in [1.82, 2.24) is 4.57 Å². The Morgan fingerprint density at radius 1 is 1.20 bits per heavy atom. The molecule has 4 heteroatoms. The minimum absolute atomic E-state index is 0.639. The summed E-state index contributed by atoms with van der Waals surface area (Å²) in [6.45, 7) is 0.639. The van der Waals surface area contributed by atoms with Crippen molar-refractivity contribution in [1.29, 1.82) is 0 Å². The molecular formula is C16H11BrClNO. The van der Waals surface area contributed by atoms with Crippen molar-refractivity contribution >= 4 is 44.7 Å². The van der Waals surface area contributed by atoms with Crippen molar-refractivity contribution in [3.8, 4) is 0 Å². The van der Waals surface area contributed by atoms with Gasteiger partial charge in [-0.25, -0.2) is 0 Å². The average molecular weight is 349 g/mol. The summed E-state index contributed by atoms with van der Waals surface area (Å²) in [5, 5.41) is 1.68. The van der Waals surface area contributed by atoms with Crippen LogP contribution in [0.1, 0.15) is 15.9 Å². The smallest absolute Gasteiger partial charge is 0.152 e. The number of para-hydroxylation sites is 1. The fraction of sp³-hybridized carbons (Fsp3) is 0.0625. The van der Waals surface area contributed by atoms with Crippen LogP contribution in [0.15, 0.2) is 53.1 Å². The van der Waals surface area contributed by atoms with Crippen molar-refractivity contribution in [3.63, 3.8) is 0 Å². The molecule has 0 radical (unpaired) electrons. The predicted octanol–water partition coefficient (Wildman–Crippen LogP) is 4.92. The molecule has 0 aliphatic rings. The fourth-order valence-corrected chi connectivity index (χ4v) is 3.07. The van der Waals surface area contributed by atoms with Crippen LogP contribution in [-0.4, -0.2) is 10.9 Å². The van der Waals surface area contributed by atoms with Gasteiger partial charge < -0.3 is 4.57 Å². The summed E-state index contributed by atoms with van der Waals surface area (Å²) in [6.07, 6.45) is 2.76. The van der Waals surface area contributed by atoms with Crippen LogP contribution in [-0.2, 0) is 6.54 Å². The number of nitrogens with zero attached hydrogens (tertiary/aromatic N) is 1. The minimum atomic E-state index is 0.639. The summed E-state index contributed by atoms with van der Waals surface area (Å²) in [4.78, 5) is 11.2. The van der Waals surface area contributed by atoms with E-state index >= 15 is 0 Å². The van der Waals surface area contributed by atoms with Crippen LogP contribution in [0.2, 0.25) is 5.02 Å². The third-order valence-corrected chi connectivity index (χ3v) is 4.15. The van der Waals surface area contributed by atoms with Crippen molar-refractivity contribution in [2.24, 2.45) is 0 Å². The van der Waals surface area contributed by atoms with Gasteiger partial charge in [-0.2, -0.15) is 0 Å². The van der Waals surface area contributed by atoms with E-state index in [0.717, 1.165) is 27.2 Å². The van der Waals surface area contributed by atoms with Crippen LogP contribution in [0, 0.1) is 0 Å². The zero-order valence-electron chi connectivity index (χ0n) is 10.5. The Morgan fingerprint density at radius 2 is 2.00 bits per heavy atom. The molecule has 2 aromatic carbocycles. The first-order chi connectivity index (χ1) is 9.69. The lowest BCUT2D eigenvalue weighted by Crippen LogP contribution is -1.98. The van der Waals surface area contributed by atoms with E-state index in [0.29, 0.717) is 17.1 Å². The van der Waals surface area contributed by atoms with Crippen molar-refractivity contribution in [2.45, 2.75) is 6.54 Å². The average Bonchev–Trinajstić information content (AvgIpc) is 2.80. The molecule has 0 unspecified atom stereocenters. The van der Waals surface area contributed by atoms with Crippen molar-refractivity contribution in [2.75, 3.05) is 0 Å². The van der Waals surface area contributed by atoms with Crippen LogP contribution in [0.5, 0.6) is 0 Å². The van der Waals surface area contributed by atoms with Crippen LogP contribution >= 0.6 is 27.5 Å². The number of hydrogen-bond donors (Lipinski definition) is 0. The first-order valence-corrected chi connectivity index (χ1v) is 7.33. The van der Waals surface area contributed by atoms with Gasteiger partial charge in [-0.15, -0.1) is 0 Å². The Labute approximate surface area is 130 Å². The molecule has 20 heavy (non-hydrogen) atoms. The molecule has 0 aliphatic heterocycles. The monoisotopic (exact) mass is 347 g/mol. The van der Waals surface area contributed by atoms with E-state index in [-0.39, 0.29) is 0 Å². The summed E-state index contributed by atoms with van der Waals surface area (Å²) in [5.74, 6) is 0. The first kappa shape index (κ1) is 13.4. The van der Waals surface area contributed by atoms with Gasteiger partial charge in [0.25, 0.3) is 0 Å². The number of aromatic nitrogens is 1. The zero-order chi connectivity index (χ0) is 14.1. The highest BCUT2D eigenvalue weighted by atomic mass is 79.9. The van der Waals surface area contributed by atoms with Crippen LogP contribution in [0.3, 0.4) is 0 Å². The Kier molecular flexibility index (Phi) is 3.64. The SMILES string of the molecule is O=Cc1cn(Cc2ccc(Br)cc2Cl)c2ccccc12. The van der Waals surface area contributed by atoms with E-state index in [2.05, 4.69) is 15.9 Å². The molecule has 1 aromatic heterocycles. The molecule has 0 bridgehead atoms. The molecule has 0 saturated heterocycles. The Morgan fingerprint density at radius 3 is 2.75 bits per heavy atom. The van der Waals surface area contributed by atoms with Crippen LogP contribution in [0.4, 0.5) is 0 Å². The van der Waals surface area contributed by atoms with E-state index in [1.807, 2.05) is 53.2 Å². The summed E-state index contributed by atoms with van der Waals surface area (Å²) in [6, 6.07) is 13.7. The maximum absolute atomic E-state index is 11.2. The Bertz CT molecular complexity index is 794. The first-order valence-electron chi connectivity index (χ1n) is 6.16. The van der Waals surface area contributed by atoms with Crippen LogP contribution in [0.25, 0.3) is 10.9 Å². The molecule has 0 aliphatic carbocycles. The van der Waals surface area contributed by atoms with Crippen molar-refractivity contribution < 1.29 is 4.79 Å². The van der Waals surface area contributed by atoms with Gasteiger partial charge in [0.2, 0.25) is 0 Å². The van der Waals surface area contributed by atoms with E-state index in [1.165, 1.54) is 0 Å². The number of rotatable bonds is 3. The molecule has 0 saturated carbocycles. The molecular weight excluding hydrogens is 338 g/mol. The number of aldehydes is 1. The number of fused-ring (bicyclic) bond motifs is 1. The largest absolute Gasteiger partial charge is 0.342 e. The third kappa shape index (κ3) is 2.39. The van der Waals surface area contributed by atoms with Crippen molar-refractivity contribution in [3.05, 3.63) is 69.3 Å². The molecule has 0 N–H and O–H groups in total. The second-order valence-electron chi connectivity index (χ2n) is 4.58. The second-order valence-corrected chi connectivity index (χ2v) is 5.91. The number of carbonyl (C=O) groups excluding carboxylic acids is 1. The molecule has 3 aromatic rings. The van der Waals surface area contributed by atoms with E-state index in [9.17, 15) is 4.79 Å². The minimum Gasteiger partial charge on any atom is -0.342 e. The standard InChI is InChI=1S/C16H11BrClNO/c17-13-6-5-11(15(18)7-13)8-19-9-12(10-20)14-3-1-2-4-16(14)19/h1-7,9-10H,8H2. The molecule has 0 fully saturated rings. The number of halogens is 2. The van der Waals surface area contributed by atoms with Gasteiger partial charge in [-0.05, 0) is 23.8 Å². The van der Waals surface area contributed by atoms with E-state index in [4.69, 9.17) is 11.6 Å². The normalized spacial score (nSPS) is 10.9. The number of hydrogen-bond acceptors (Lipinski definition) is 1. The molecule has 0 amide bonds. The van der Waals surface area contributed by atoms with Gasteiger partial charge in [0.15, 0.2) is 6.29 Å². The highest BCUT2D eigenvalue weighted by Crippen LogP contribution is 2.25. The molecule has 3 rings (SSSR count). The molecule has 0 spiro atoms. The molecule has 0 atom stereocenters. The summed E-state index contributed by atoms with van der Waals surface area (Å²) < 4.78 is 3.01. The molecule has 1 heterocycles. The topological polar surface area (TPSA) is 22.0 Å². The summed E-state index contributed by atoms with van der Waals surface area (Å²) in [5.41, 5.74) is 2.76. The van der Waals surface area contributed by atoms with Crippen LogP contribution < -0.4 is 0 Å². The highest BCUT2D eigenvalue weighted by Gasteiger charge is 2.09. The van der Waals surface area contributed by atoms with Gasteiger partial charge in [0, 0.05) is 38.7 Å². The maximum atomic E-state index is 11.2. The zero-order valence-corrected chi connectivity index (χ0v) is 12.9. The number of benzene rings is 2. The summed E-state index contributed by atoms with van der Waals surface area (Å²) in [7, 11) is 0. The van der Waals surface area contributed by atoms with E-state index in [1.54, 1.807) is 0 Å². The van der Waals surface area contributed by atoms with Gasteiger partial charge in [0.05, 0.1) is 0 Å². The Hall–Kier alpha value is -1.58. The second kappa shape index (κ2) is 5.43. The summed E-state index contributed by atoms with van der Waals surface area (Å²) >= 11 is 9.66. The predicted molar refractivity (Wildman–Crippen MR) is 85.6 cm³/mol. The maximum Gasteiger partial charge on any atom is 0.152 e. The van der Waals surface area contributed by atoms with Gasteiger partial charge in [-0.3, -0.25) is 4.79 Å². The fourth-order valence-electron chi connectivity index (χ4n) is 2.33. The Balaban J connectivity index is 2.09. The molecule has 100 valence electrons. The lowest BCUT2D eigenvalue weighted by atomic mass is 10.2. The number of carbonyl (C=O) groups is 1. The quantitative estimate of drug-likeness (QED) is 0.616.